The minimum atomic E-state index is -2.50. The van der Waals surface area contributed by atoms with Crippen molar-refractivity contribution < 1.29 is 8.96 Å². The molecule has 0 atom stereocenters. The first-order chi connectivity index (χ1) is 12.7. The third-order valence-electron chi connectivity index (χ3n) is 3.73. The lowest BCUT2D eigenvalue weighted by atomic mass is 10.3. The van der Waals surface area contributed by atoms with Crippen LogP contribution in [0.1, 0.15) is 0 Å². The average Bonchev–Trinajstić information content (AvgIpc) is 2.61. The van der Waals surface area contributed by atoms with E-state index in [1.165, 1.54) is 24.4 Å². The van der Waals surface area contributed by atoms with Gasteiger partial charge in [0.05, 0.1) is 17.6 Å². The Kier molecular flexibility index (Phi) is 5.35. The maximum absolute atomic E-state index is 13.3. The molecule has 9 heteroatoms. The zero-order valence-corrected chi connectivity index (χ0v) is 16.4. The van der Waals surface area contributed by atoms with Crippen LogP contribution < -0.4 is 21.7 Å². The lowest BCUT2D eigenvalue weighted by Crippen LogP contribution is -2.11. The number of rotatable bonds is 5. The molecule has 0 aliphatic carbocycles. The first kappa shape index (κ1) is 19.1. The van der Waals surface area contributed by atoms with Crippen LogP contribution in [-0.4, -0.2) is 23.3 Å². The van der Waals surface area contributed by atoms with E-state index in [-0.39, 0.29) is 11.6 Å². The van der Waals surface area contributed by atoms with E-state index in [0.717, 1.165) is 0 Å². The van der Waals surface area contributed by atoms with Gasteiger partial charge in [-0.25, -0.2) is 9.37 Å². The standard InChI is InChI=1S/C18H18ClFN5OP/c1-27(2,26)16-6-4-3-5-15(16)24-17-12(19)10-22-18(25-17)23-11-7-8-13(20)14(21)9-11/h3-10H,21H2,1-2H3,(H2,22,23,24,25). The van der Waals surface area contributed by atoms with Crippen LogP contribution in [0.4, 0.5) is 33.2 Å². The van der Waals surface area contributed by atoms with E-state index in [2.05, 4.69) is 20.6 Å². The van der Waals surface area contributed by atoms with Gasteiger partial charge >= 0.3 is 0 Å². The molecule has 1 aromatic heterocycles. The summed E-state index contributed by atoms with van der Waals surface area (Å²) in [6, 6.07) is 11.5. The largest absolute Gasteiger partial charge is 0.396 e. The zero-order valence-electron chi connectivity index (χ0n) is 14.7. The van der Waals surface area contributed by atoms with Crippen LogP contribution in [0, 0.1) is 5.82 Å². The van der Waals surface area contributed by atoms with Crippen LogP contribution in [-0.2, 0) is 4.57 Å². The van der Waals surface area contributed by atoms with Crippen LogP contribution in [0.15, 0.2) is 48.7 Å². The number of nitrogens with zero attached hydrogens (tertiary/aromatic N) is 2. The maximum atomic E-state index is 13.3. The number of hydrogen-bond donors (Lipinski definition) is 3. The highest BCUT2D eigenvalue weighted by molar-refractivity contribution is 7.70. The van der Waals surface area contributed by atoms with E-state index in [9.17, 15) is 8.96 Å². The summed E-state index contributed by atoms with van der Waals surface area (Å²) in [5, 5.41) is 7.06. The van der Waals surface area contributed by atoms with E-state index < -0.39 is 13.0 Å². The number of nitrogens with two attached hydrogens (primary N) is 1. The Balaban J connectivity index is 1.91. The van der Waals surface area contributed by atoms with Crippen molar-refractivity contribution in [3.8, 4) is 0 Å². The summed E-state index contributed by atoms with van der Waals surface area (Å²) in [4.78, 5) is 8.46. The van der Waals surface area contributed by atoms with Gasteiger partial charge in [-0.15, -0.1) is 0 Å². The first-order valence-electron chi connectivity index (χ1n) is 8.00. The molecular formula is C18H18ClFN5OP. The van der Waals surface area contributed by atoms with Crippen LogP contribution in [0.3, 0.4) is 0 Å². The Morgan fingerprint density at radius 2 is 1.89 bits per heavy atom. The van der Waals surface area contributed by atoms with Gasteiger partial charge < -0.3 is 20.9 Å². The molecule has 0 amide bonds. The minimum absolute atomic E-state index is 0.0166. The molecule has 2 aromatic carbocycles. The molecule has 0 bridgehead atoms. The number of hydrogen-bond acceptors (Lipinski definition) is 6. The zero-order chi connectivity index (χ0) is 19.6. The van der Waals surface area contributed by atoms with E-state index in [1.807, 2.05) is 12.1 Å². The molecule has 3 aromatic rings. The minimum Gasteiger partial charge on any atom is -0.396 e. The molecule has 0 saturated heterocycles. The van der Waals surface area contributed by atoms with Gasteiger partial charge in [0.25, 0.3) is 0 Å². The fourth-order valence-electron chi connectivity index (χ4n) is 2.44. The fourth-order valence-corrected chi connectivity index (χ4v) is 3.74. The first-order valence-corrected chi connectivity index (χ1v) is 11.0. The van der Waals surface area contributed by atoms with Crippen molar-refractivity contribution in [1.29, 1.82) is 0 Å². The normalized spacial score (nSPS) is 11.3. The second kappa shape index (κ2) is 7.55. The Morgan fingerprint density at radius 3 is 2.59 bits per heavy atom. The smallest absolute Gasteiger partial charge is 0.229 e. The van der Waals surface area contributed by atoms with Gasteiger partial charge in [0.2, 0.25) is 5.95 Å². The summed E-state index contributed by atoms with van der Waals surface area (Å²) < 4.78 is 25.8. The number of aromatic nitrogens is 2. The molecule has 6 nitrogen and oxygen atoms in total. The number of para-hydroxylation sites is 1. The van der Waals surface area contributed by atoms with Gasteiger partial charge in [0.15, 0.2) is 5.82 Å². The monoisotopic (exact) mass is 405 g/mol. The van der Waals surface area contributed by atoms with E-state index in [0.29, 0.717) is 27.5 Å². The van der Waals surface area contributed by atoms with E-state index in [1.54, 1.807) is 25.5 Å². The molecule has 0 saturated carbocycles. The Bertz CT molecular complexity index is 1040. The van der Waals surface area contributed by atoms with Gasteiger partial charge in [-0.3, -0.25) is 0 Å². The highest BCUT2D eigenvalue weighted by Gasteiger charge is 2.17. The van der Waals surface area contributed by atoms with Crippen molar-refractivity contribution in [3.63, 3.8) is 0 Å². The van der Waals surface area contributed by atoms with Crippen molar-refractivity contribution in [2.24, 2.45) is 0 Å². The molecule has 0 aliphatic heterocycles. The highest BCUT2D eigenvalue weighted by Crippen LogP contribution is 2.38. The van der Waals surface area contributed by atoms with Crippen molar-refractivity contribution in [2.45, 2.75) is 0 Å². The predicted octanol–water partition coefficient (Wildman–Crippen LogP) is 4.59. The van der Waals surface area contributed by atoms with Crippen molar-refractivity contribution in [3.05, 3.63) is 59.5 Å². The van der Waals surface area contributed by atoms with Gasteiger partial charge in [-0.05, 0) is 43.7 Å². The van der Waals surface area contributed by atoms with Crippen LogP contribution >= 0.6 is 18.7 Å². The highest BCUT2D eigenvalue weighted by atomic mass is 35.5. The molecule has 1 heterocycles. The molecule has 0 aliphatic rings. The molecule has 0 fully saturated rings. The second-order valence-corrected chi connectivity index (χ2v) is 9.84. The number of benzene rings is 2. The summed E-state index contributed by atoms with van der Waals surface area (Å²) >= 11 is 6.21. The number of nitrogens with one attached hydrogen (secondary N) is 2. The van der Waals surface area contributed by atoms with E-state index in [4.69, 9.17) is 17.3 Å². The SMILES string of the molecule is CP(C)(=O)c1ccccc1Nc1nc(Nc2ccc(F)c(N)c2)ncc1Cl. The molecule has 140 valence electrons. The molecule has 4 N–H and O–H groups in total. The van der Waals surface area contributed by atoms with Gasteiger partial charge in [0, 0.05) is 11.0 Å². The maximum Gasteiger partial charge on any atom is 0.229 e. The Labute approximate surface area is 161 Å². The Morgan fingerprint density at radius 1 is 1.15 bits per heavy atom. The average molecular weight is 406 g/mol. The summed E-state index contributed by atoms with van der Waals surface area (Å²) in [6.07, 6.45) is 1.44. The van der Waals surface area contributed by atoms with Crippen LogP contribution in [0.25, 0.3) is 0 Å². The summed E-state index contributed by atoms with van der Waals surface area (Å²) in [6.45, 7) is 3.39. The molecule has 0 radical (unpaired) electrons. The quantitative estimate of drug-likeness (QED) is 0.425. The predicted molar refractivity (Wildman–Crippen MR) is 110 cm³/mol. The molecule has 3 rings (SSSR count). The summed E-state index contributed by atoms with van der Waals surface area (Å²) in [7, 11) is -2.50. The number of nitrogen functional groups attached to an aromatic ring is 1. The van der Waals surface area contributed by atoms with Gasteiger partial charge in [0.1, 0.15) is 18.0 Å². The molecular weight excluding hydrogens is 388 g/mol. The topological polar surface area (TPSA) is 92.9 Å². The lowest BCUT2D eigenvalue weighted by molar-refractivity contribution is 0.588. The lowest BCUT2D eigenvalue weighted by Gasteiger charge is -2.15. The number of halogens is 2. The number of anilines is 5. The molecule has 0 spiro atoms. The van der Waals surface area contributed by atoms with Gasteiger partial charge in [-0.2, -0.15) is 4.98 Å². The van der Waals surface area contributed by atoms with Crippen molar-refractivity contribution in [2.75, 3.05) is 29.7 Å². The molecule has 0 unspecified atom stereocenters. The fraction of sp³-hybridized carbons (Fsp3) is 0.111. The van der Waals surface area contributed by atoms with Gasteiger partial charge in [-0.1, -0.05) is 23.7 Å². The van der Waals surface area contributed by atoms with Crippen LogP contribution in [0.2, 0.25) is 5.02 Å². The summed E-state index contributed by atoms with van der Waals surface area (Å²) in [5.74, 6) is 0.104. The third-order valence-corrected chi connectivity index (χ3v) is 5.56. The third kappa shape index (κ3) is 4.56. The Hall–Kier alpha value is -2.63. The molecule has 27 heavy (non-hydrogen) atoms. The van der Waals surface area contributed by atoms with Crippen molar-refractivity contribution in [1.82, 2.24) is 9.97 Å². The second-order valence-electron chi connectivity index (χ2n) is 6.24. The van der Waals surface area contributed by atoms with Crippen LogP contribution in [0.5, 0.6) is 0 Å². The van der Waals surface area contributed by atoms with E-state index >= 15 is 0 Å². The summed E-state index contributed by atoms with van der Waals surface area (Å²) in [5.41, 5.74) is 6.78. The van der Waals surface area contributed by atoms with Crippen molar-refractivity contribution >= 4 is 52.9 Å².